The average Bonchev–Trinajstić information content (AvgIpc) is 2.42. The highest BCUT2D eigenvalue weighted by Crippen LogP contribution is 2.16. The second-order valence-electron chi connectivity index (χ2n) is 3.87. The van der Waals surface area contributed by atoms with Gasteiger partial charge in [-0.25, -0.2) is 13.6 Å². The van der Waals surface area contributed by atoms with Crippen LogP contribution in [0, 0.1) is 11.6 Å². The van der Waals surface area contributed by atoms with Gasteiger partial charge in [0, 0.05) is 19.8 Å². The number of benzene rings is 1. The van der Waals surface area contributed by atoms with Crippen molar-refractivity contribution in [2.24, 2.45) is 0 Å². The lowest BCUT2D eigenvalue weighted by Crippen LogP contribution is -2.15. The minimum atomic E-state index is -0.761. The maximum atomic E-state index is 13.5. The minimum Gasteiger partial charge on any atom is -0.460 e. The number of rotatable bonds is 7. The van der Waals surface area contributed by atoms with E-state index in [-0.39, 0.29) is 31.0 Å². The molecule has 0 aliphatic rings. The smallest absolute Gasteiger partial charge is 0.336 e. The Morgan fingerprint density at radius 3 is 2.35 bits per heavy atom. The molecule has 1 aromatic rings. The maximum absolute atomic E-state index is 13.5. The molecule has 0 aliphatic heterocycles. The SMILES string of the molecule is COCCOC(=O)/C(=C\c1c(F)cccc1F)COC. The van der Waals surface area contributed by atoms with Gasteiger partial charge in [-0.2, -0.15) is 0 Å². The summed E-state index contributed by atoms with van der Waals surface area (Å²) in [5, 5.41) is 0. The van der Waals surface area contributed by atoms with Crippen LogP contribution in [0.5, 0.6) is 0 Å². The molecule has 110 valence electrons. The molecular weight excluding hydrogens is 270 g/mol. The highest BCUT2D eigenvalue weighted by molar-refractivity contribution is 5.94. The number of carbonyl (C=O) groups is 1. The van der Waals surface area contributed by atoms with Gasteiger partial charge in [0.2, 0.25) is 0 Å². The van der Waals surface area contributed by atoms with Gasteiger partial charge in [-0.15, -0.1) is 0 Å². The molecule has 20 heavy (non-hydrogen) atoms. The number of halogens is 2. The van der Waals surface area contributed by atoms with Crippen molar-refractivity contribution in [3.8, 4) is 0 Å². The monoisotopic (exact) mass is 286 g/mol. The summed E-state index contributed by atoms with van der Waals surface area (Å²) >= 11 is 0. The number of ether oxygens (including phenoxy) is 3. The quantitative estimate of drug-likeness (QED) is 0.438. The van der Waals surface area contributed by atoms with Gasteiger partial charge >= 0.3 is 5.97 Å². The van der Waals surface area contributed by atoms with Crippen LogP contribution in [-0.4, -0.2) is 40.0 Å². The molecule has 1 rings (SSSR count). The fraction of sp³-hybridized carbons (Fsp3) is 0.357. The predicted molar refractivity (Wildman–Crippen MR) is 69.0 cm³/mol. The minimum absolute atomic E-state index is 0.0209. The number of hydrogen-bond donors (Lipinski definition) is 0. The van der Waals surface area contributed by atoms with Gasteiger partial charge in [0.15, 0.2) is 0 Å². The second-order valence-corrected chi connectivity index (χ2v) is 3.87. The van der Waals surface area contributed by atoms with E-state index in [9.17, 15) is 13.6 Å². The molecule has 0 spiro atoms. The van der Waals surface area contributed by atoms with E-state index in [0.29, 0.717) is 0 Å². The molecule has 0 saturated carbocycles. The van der Waals surface area contributed by atoms with E-state index in [1.807, 2.05) is 0 Å². The Kier molecular flexibility index (Phi) is 6.83. The van der Waals surface area contributed by atoms with Crippen molar-refractivity contribution in [1.82, 2.24) is 0 Å². The van der Waals surface area contributed by atoms with Crippen molar-refractivity contribution >= 4 is 12.0 Å². The molecule has 1 aromatic carbocycles. The molecule has 0 radical (unpaired) electrons. The van der Waals surface area contributed by atoms with Crippen LogP contribution in [0.4, 0.5) is 8.78 Å². The first-order valence-corrected chi connectivity index (χ1v) is 5.89. The highest BCUT2D eigenvalue weighted by atomic mass is 19.1. The van der Waals surface area contributed by atoms with Crippen molar-refractivity contribution < 1.29 is 27.8 Å². The topological polar surface area (TPSA) is 44.8 Å². The molecule has 0 aliphatic carbocycles. The second kappa shape index (κ2) is 8.39. The lowest BCUT2D eigenvalue weighted by molar-refractivity contribution is -0.140. The lowest BCUT2D eigenvalue weighted by Gasteiger charge is -2.08. The summed E-state index contributed by atoms with van der Waals surface area (Å²) in [7, 11) is 2.84. The largest absolute Gasteiger partial charge is 0.460 e. The molecule has 0 bridgehead atoms. The summed E-state index contributed by atoms with van der Waals surface area (Å²) in [6.07, 6.45) is 1.09. The van der Waals surface area contributed by atoms with Gasteiger partial charge in [0.25, 0.3) is 0 Å². The predicted octanol–water partition coefficient (Wildman–Crippen LogP) is 2.18. The molecule has 0 heterocycles. The number of hydrogen-bond acceptors (Lipinski definition) is 4. The van der Waals surface area contributed by atoms with Crippen LogP contribution in [0.2, 0.25) is 0 Å². The van der Waals surface area contributed by atoms with Crippen molar-refractivity contribution in [3.05, 3.63) is 41.0 Å². The molecule has 0 fully saturated rings. The zero-order valence-corrected chi connectivity index (χ0v) is 11.3. The summed E-state index contributed by atoms with van der Waals surface area (Å²) in [5.74, 6) is -2.22. The van der Waals surface area contributed by atoms with Crippen LogP contribution in [0.15, 0.2) is 23.8 Å². The van der Waals surface area contributed by atoms with E-state index in [1.165, 1.54) is 20.3 Å². The third kappa shape index (κ3) is 4.71. The van der Waals surface area contributed by atoms with Gasteiger partial charge in [-0.1, -0.05) is 6.07 Å². The summed E-state index contributed by atoms with van der Waals surface area (Å²) in [4.78, 5) is 11.8. The zero-order chi connectivity index (χ0) is 15.0. The van der Waals surface area contributed by atoms with Crippen molar-refractivity contribution in [2.45, 2.75) is 0 Å². The van der Waals surface area contributed by atoms with Gasteiger partial charge in [0.1, 0.15) is 18.2 Å². The van der Waals surface area contributed by atoms with Crippen LogP contribution >= 0.6 is 0 Å². The molecule has 0 aromatic heterocycles. The lowest BCUT2D eigenvalue weighted by atomic mass is 10.1. The average molecular weight is 286 g/mol. The van der Waals surface area contributed by atoms with E-state index in [0.717, 1.165) is 18.2 Å². The van der Waals surface area contributed by atoms with Gasteiger partial charge in [-0.05, 0) is 18.2 Å². The summed E-state index contributed by atoms with van der Waals surface area (Å²) in [6.45, 7) is 0.176. The first kappa shape index (κ1) is 16.3. The van der Waals surface area contributed by atoms with Crippen LogP contribution in [0.25, 0.3) is 6.08 Å². The van der Waals surface area contributed by atoms with Gasteiger partial charge in [0.05, 0.1) is 18.8 Å². The molecular formula is C14H16F2O4. The first-order chi connectivity index (χ1) is 9.60. The van der Waals surface area contributed by atoms with Crippen molar-refractivity contribution in [1.29, 1.82) is 0 Å². The van der Waals surface area contributed by atoms with Crippen LogP contribution in [0.3, 0.4) is 0 Å². The third-order valence-corrected chi connectivity index (χ3v) is 2.40. The normalized spacial score (nSPS) is 11.5. The third-order valence-electron chi connectivity index (χ3n) is 2.40. The highest BCUT2D eigenvalue weighted by Gasteiger charge is 2.14. The Bertz CT molecular complexity index is 466. The molecule has 0 saturated heterocycles. The van der Waals surface area contributed by atoms with Crippen molar-refractivity contribution in [2.75, 3.05) is 34.0 Å². The molecule has 6 heteroatoms. The summed E-state index contributed by atoms with van der Waals surface area (Å²) in [6, 6.07) is 3.46. The van der Waals surface area contributed by atoms with E-state index in [1.54, 1.807) is 0 Å². The Morgan fingerprint density at radius 2 is 1.80 bits per heavy atom. The van der Waals surface area contributed by atoms with Crippen LogP contribution in [-0.2, 0) is 19.0 Å². The van der Waals surface area contributed by atoms with E-state index < -0.39 is 17.6 Å². The van der Waals surface area contributed by atoms with Crippen LogP contribution in [0.1, 0.15) is 5.56 Å². The number of carbonyl (C=O) groups excluding carboxylic acids is 1. The Morgan fingerprint density at radius 1 is 1.15 bits per heavy atom. The Balaban J connectivity index is 2.94. The van der Waals surface area contributed by atoms with E-state index in [2.05, 4.69) is 0 Å². The standard InChI is InChI=1S/C14H16F2O4/c1-18-6-7-20-14(17)10(9-19-2)8-11-12(15)4-3-5-13(11)16/h3-5,8H,6-7,9H2,1-2H3/b10-8-. The Hall–Kier alpha value is -1.79. The van der Waals surface area contributed by atoms with E-state index in [4.69, 9.17) is 14.2 Å². The summed E-state index contributed by atoms with van der Waals surface area (Å²) < 4.78 is 41.5. The number of esters is 1. The zero-order valence-electron chi connectivity index (χ0n) is 11.3. The molecule has 0 N–H and O–H groups in total. The number of methoxy groups -OCH3 is 2. The molecule has 0 atom stereocenters. The fourth-order valence-electron chi connectivity index (χ4n) is 1.45. The van der Waals surface area contributed by atoms with Crippen LogP contribution < -0.4 is 0 Å². The van der Waals surface area contributed by atoms with Gasteiger partial charge < -0.3 is 14.2 Å². The molecule has 4 nitrogen and oxygen atoms in total. The molecule has 0 amide bonds. The maximum Gasteiger partial charge on any atom is 0.336 e. The molecule has 0 unspecified atom stereocenters. The fourth-order valence-corrected chi connectivity index (χ4v) is 1.45. The van der Waals surface area contributed by atoms with E-state index >= 15 is 0 Å². The first-order valence-electron chi connectivity index (χ1n) is 5.89. The summed E-state index contributed by atoms with van der Waals surface area (Å²) in [5.41, 5.74) is -0.282. The van der Waals surface area contributed by atoms with Gasteiger partial charge in [-0.3, -0.25) is 0 Å². The van der Waals surface area contributed by atoms with Crippen molar-refractivity contribution in [3.63, 3.8) is 0 Å². The Labute approximate surface area is 115 Å².